The van der Waals surface area contributed by atoms with E-state index in [1.807, 2.05) is 0 Å². The second kappa shape index (κ2) is 18.4. The van der Waals surface area contributed by atoms with Crippen LogP contribution in [0.5, 0.6) is 0 Å². The van der Waals surface area contributed by atoms with Crippen LogP contribution in [0.1, 0.15) is 6.42 Å². The average Bonchev–Trinajstić information content (AvgIpc) is 3.37. The van der Waals surface area contributed by atoms with E-state index in [4.69, 9.17) is 56.1 Å². The molecule has 0 aromatic heterocycles. The van der Waals surface area contributed by atoms with Crippen molar-refractivity contribution in [1.82, 2.24) is 0 Å². The molecule has 1 aliphatic carbocycles. The summed E-state index contributed by atoms with van der Waals surface area (Å²) in [5.41, 5.74) is 24.7. The lowest BCUT2D eigenvalue weighted by Gasteiger charge is -2.47. The third-order valence-electron chi connectivity index (χ3n) is 8.92. The molecule has 0 amide bonds. The SMILES string of the molecule is COOC=NCC1OC(OC2C(COCCO)OC(OC3C(O)C(N)CC(N)C3OC3OC(CO)C(O)C(O)C3N)C2O)C(N)C(O)C1O. The molecule has 286 valence electrons. The van der Waals surface area contributed by atoms with Crippen molar-refractivity contribution in [2.45, 2.75) is 123 Å². The molecule has 3 aliphatic heterocycles. The molecule has 0 aromatic carbocycles. The lowest BCUT2D eigenvalue weighted by Crippen LogP contribution is -2.68. The molecule has 22 heteroatoms. The number of hydrogen-bond acceptors (Lipinski definition) is 22. The summed E-state index contributed by atoms with van der Waals surface area (Å²) in [7, 11) is 1.26. The van der Waals surface area contributed by atoms with Crippen molar-refractivity contribution in [3.63, 3.8) is 0 Å². The van der Waals surface area contributed by atoms with Crippen molar-refractivity contribution in [1.29, 1.82) is 0 Å². The second-order valence-electron chi connectivity index (χ2n) is 12.3. The first-order valence-corrected chi connectivity index (χ1v) is 15.8. The van der Waals surface area contributed by atoms with Crippen LogP contribution in [0.2, 0.25) is 0 Å². The van der Waals surface area contributed by atoms with E-state index in [2.05, 4.69) is 14.8 Å². The highest BCUT2D eigenvalue weighted by molar-refractivity contribution is 5.45. The summed E-state index contributed by atoms with van der Waals surface area (Å²) >= 11 is 0. The highest BCUT2D eigenvalue weighted by Gasteiger charge is 2.54. The van der Waals surface area contributed by atoms with Gasteiger partial charge in [0.25, 0.3) is 0 Å². The molecular formula is C27H51N5O17. The quantitative estimate of drug-likeness (QED) is 0.0246. The van der Waals surface area contributed by atoms with Crippen LogP contribution < -0.4 is 22.9 Å². The minimum Gasteiger partial charge on any atom is -0.394 e. The highest BCUT2D eigenvalue weighted by Crippen LogP contribution is 2.34. The van der Waals surface area contributed by atoms with Gasteiger partial charge in [0.2, 0.25) is 6.40 Å². The summed E-state index contributed by atoms with van der Waals surface area (Å²) in [5, 5.41) is 83.1. The predicted molar refractivity (Wildman–Crippen MR) is 160 cm³/mol. The van der Waals surface area contributed by atoms with Crippen LogP contribution in [0, 0.1) is 0 Å². The van der Waals surface area contributed by atoms with Gasteiger partial charge in [0, 0.05) is 12.1 Å². The van der Waals surface area contributed by atoms with Gasteiger partial charge in [-0.25, -0.2) is 0 Å². The maximum absolute atomic E-state index is 11.4. The van der Waals surface area contributed by atoms with E-state index in [1.165, 1.54) is 7.11 Å². The lowest BCUT2D eigenvalue weighted by atomic mass is 9.84. The van der Waals surface area contributed by atoms with Gasteiger partial charge in [-0.1, -0.05) is 0 Å². The van der Waals surface area contributed by atoms with Crippen molar-refractivity contribution >= 4 is 6.40 Å². The first-order chi connectivity index (χ1) is 23.3. The van der Waals surface area contributed by atoms with Crippen molar-refractivity contribution in [3.8, 4) is 0 Å². The van der Waals surface area contributed by atoms with Crippen LogP contribution in [0.4, 0.5) is 0 Å². The third-order valence-corrected chi connectivity index (χ3v) is 8.92. The van der Waals surface area contributed by atoms with Gasteiger partial charge in [-0.3, -0.25) is 4.99 Å². The van der Waals surface area contributed by atoms with E-state index >= 15 is 0 Å². The van der Waals surface area contributed by atoms with Gasteiger partial charge in [-0.05, 0) is 6.42 Å². The number of hydrogen-bond donors (Lipinski definition) is 12. The minimum absolute atomic E-state index is 0.0492. The van der Waals surface area contributed by atoms with Crippen molar-refractivity contribution < 1.29 is 83.8 Å². The van der Waals surface area contributed by atoms with Crippen LogP contribution in [0.15, 0.2) is 4.99 Å². The average molecular weight is 718 g/mol. The first kappa shape index (κ1) is 40.4. The molecule has 49 heavy (non-hydrogen) atoms. The Labute approximate surface area is 281 Å². The minimum atomic E-state index is -1.64. The topological polar surface area (TPSA) is 361 Å². The summed E-state index contributed by atoms with van der Waals surface area (Å²) < 4.78 is 40.8. The van der Waals surface area contributed by atoms with Crippen LogP contribution in [-0.4, -0.2) is 204 Å². The van der Waals surface area contributed by atoms with E-state index in [1.54, 1.807) is 0 Å². The summed E-state index contributed by atoms with van der Waals surface area (Å²) in [4.78, 5) is 12.9. The zero-order valence-electron chi connectivity index (χ0n) is 26.8. The van der Waals surface area contributed by atoms with Gasteiger partial charge in [0.05, 0.1) is 58.3 Å². The number of aliphatic hydroxyl groups excluding tert-OH is 8. The molecule has 0 radical (unpaired) electrons. The fourth-order valence-electron chi connectivity index (χ4n) is 6.13. The second-order valence-corrected chi connectivity index (χ2v) is 12.3. The molecule has 4 fully saturated rings. The molecule has 0 aromatic rings. The van der Waals surface area contributed by atoms with E-state index in [0.29, 0.717) is 0 Å². The summed E-state index contributed by atoms with van der Waals surface area (Å²) in [6.45, 7) is -1.53. The molecule has 4 aliphatic rings. The molecule has 16 N–H and O–H groups in total. The first-order valence-electron chi connectivity index (χ1n) is 15.8. The zero-order chi connectivity index (χ0) is 36.0. The fraction of sp³-hybridized carbons (Fsp3) is 0.963. The van der Waals surface area contributed by atoms with Crippen molar-refractivity contribution in [2.24, 2.45) is 27.9 Å². The zero-order valence-corrected chi connectivity index (χ0v) is 26.8. The van der Waals surface area contributed by atoms with Gasteiger partial charge in [-0.15, -0.1) is 0 Å². The molecule has 22 nitrogen and oxygen atoms in total. The molecule has 1 saturated carbocycles. The largest absolute Gasteiger partial charge is 0.394 e. The van der Waals surface area contributed by atoms with E-state index in [0.717, 1.165) is 6.40 Å². The van der Waals surface area contributed by atoms with E-state index < -0.39 is 123 Å². The third kappa shape index (κ3) is 9.37. The van der Waals surface area contributed by atoms with Gasteiger partial charge < -0.3 is 102 Å². The summed E-state index contributed by atoms with van der Waals surface area (Å²) in [6, 6.07) is -4.42. The van der Waals surface area contributed by atoms with Crippen LogP contribution >= 0.6 is 0 Å². The molecule has 0 spiro atoms. The normalized spacial score (nSPS) is 47.9. The maximum Gasteiger partial charge on any atom is 0.214 e. The molecular weight excluding hydrogens is 666 g/mol. The van der Waals surface area contributed by atoms with Gasteiger partial charge >= 0.3 is 0 Å². The Bertz CT molecular complexity index is 1020. The van der Waals surface area contributed by atoms with Crippen LogP contribution in [0.25, 0.3) is 0 Å². The molecule has 3 saturated heterocycles. The Morgan fingerprint density at radius 1 is 0.673 bits per heavy atom. The van der Waals surface area contributed by atoms with Gasteiger partial charge in [-0.2, -0.15) is 4.89 Å². The number of nitrogens with two attached hydrogens (primary N) is 4. The standard InChI is InChI=1S/C27H51N5O17/c1-41-43-8-32-5-11-17(36)19(38)14(30)25(44-11)48-23-13(7-42-3-2-33)46-27(21(23)40)49-24-16(35)9(28)4-10(29)22(24)47-26-15(31)20(39)18(37)12(6-34)45-26/h8-27,33-40H,2-7,28-31H2,1H3. The summed E-state index contributed by atoms with van der Waals surface area (Å²) in [6.07, 6.45) is -19.9. The van der Waals surface area contributed by atoms with Crippen molar-refractivity contribution in [3.05, 3.63) is 0 Å². The number of aliphatic hydroxyl groups is 8. The Kier molecular flexibility index (Phi) is 15.2. The number of ether oxygens (including phenoxy) is 7. The smallest absolute Gasteiger partial charge is 0.214 e. The molecule has 19 atom stereocenters. The molecule has 19 unspecified atom stereocenters. The fourth-order valence-corrected chi connectivity index (χ4v) is 6.13. The molecule has 3 heterocycles. The number of aliphatic imine (C=N–C) groups is 1. The van der Waals surface area contributed by atoms with Gasteiger partial charge in [0.15, 0.2) is 18.9 Å². The number of rotatable bonds is 15. The Hall–Kier alpha value is -1.33. The Morgan fingerprint density at radius 2 is 1.24 bits per heavy atom. The van der Waals surface area contributed by atoms with Crippen LogP contribution in [-0.2, 0) is 42.9 Å². The Balaban J connectivity index is 1.52. The maximum atomic E-state index is 11.4. The van der Waals surface area contributed by atoms with E-state index in [9.17, 15) is 40.9 Å². The molecule has 4 rings (SSSR count). The van der Waals surface area contributed by atoms with E-state index in [-0.39, 0.29) is 32.8 Å². The highest BCUT2D eigenvalue weighted by atomic mass is 17.2. The lowest BCUT2D eigenvalue weighted by molar-refractivity contribution is -0.310. The predicted octanol–water partition coefficient (Wildman–Crippen LogP) is -8.20. The summed E-state index contributed by atoms with van der Waals surface area (Å²) in [5.74, 6) is 0. The Morgan fingerprint density at radius 3 is 1.86 bits per heavy atom. The monoisotopic (exact) mass is 717 g/mol. The molecule has 0 bridgehead atoms. The number of nitrogens with zero attached hydrogens (tertiary/aromatic N) is 1. The van der Waals surface area contributed by atoms with Gasteiger partial charge in [0.1, 0.15) is 67.1 Å². The van der Waals surface area contributed by atoms with Crippen molar-refractivity contribution in [2.75, 3.05) is 40.1 Å². The van der Waals surface area contributed by atoms with Crippen LogP contribution in [0.3, 0.4) is 0 Å².